The molecule has 2 aromatic carbocycles. The van der Waals surface area contributed by atoms with Crippen molar-refractivity contribution >= 4 is 44.9 Å². The van der Waals surface area contributed by atoms with E-state index in [1.54, 1.807) is 0 Å². The Kier molecular flexibility index (Phi) is 30.2. The number of hydrogen-bond donors (Lipinski definition) is 1. The summed E-state index contributed by atoms with van der Waals surface area (Å²) < 4.78 is 87.3. The van der Waals surface area contributed by atoms with E-state index in [1.807, 2.05) is 74.3 Å². The summed E-state index contributed by atoms with van der Waals surface area (Å²) in [5, 5.41) is 29.2. The lowest BCUT2D eigenvalue weighted by atomic mass is 10.2. The van der Waals surface area contributed by atoms with Gasteiger partial charge in [0.05, 0.1) is 65.3 Å². The molecule has 0 fully saturated rings. The van der Waals surface area contributed by atoms with E-state index in [1.165, 1.54) is 24.3 Å². The molecule has 3 rings (SSSR count). The van der Waals surface area contributed by atoms with E-state index < -0.39 is 55.3 Å². The summed E-state index contributed by atoms with van der Waals surface area (Å²) in [6.45, 7) is 5.25. The second-order valence-electron chi connectivity index (χ2n) is 17.1. The molecule has 400 valence electrons. The number of pyridine rings is 1. The molecule has 0 aliphatic heterocycles. The lowest BCUT2D eigenvalue weighted by molar-refractivity contribution is -0.870. The molecule has 1 heterocycles. The number of halogens is 3. The number of hydrogen-bond acceptors (Lipinski definition) is 18. The highest BCUT2D eigenvalue weighted by atomic mass is 31.2. The Labute approximate surface area is 410 Å². The highest BCUT2D eigenvalue weighted by molar-refractivity contribution is 7.46. The number of carboxylic acids is 1. The molecule has 28 heteroatoms. The molecule has 2 unspecified atom stereocenters. The Bertz CT molecular complexity index is 2170. The van der Waals surface area contributed by atoms with Gasteiger partial charge in [-0.05, 0) is 75.9 Å². The van der Waals surface area contributed by atoms with Crippen molar-refractivity contribution < 1.29 is 98.0 Å². The first-order valence-electron chi connectivity index (χ1n) is 21.6. The van der Waals surface area contributed by atoms with Crippen molar-refractivity contribution in [2.24, 2.45) is 0 Å². The molecular weight excluding hydrogens is 993 g/mol. The molecule has 23 nitrogen and oxygen atoms in total. The van der Waals surface area contributed by atoms with Crippen molar-refractivity contribution in [3.63, 3.8) is 0 Å². The fraction of sp³-hybridized carbons (Fsp3) is 0.535. The van der Waals surface area contributed by atoms with Crippen LogP contribution in [0.15, 0.2) is 66.7 Å². The third-order valence-corrected chi connectivity index (χ3v) is 10.4. The maximum atomic E-state index is 11.8. The fourth-order valence-corrected chi connectivity index (χ4v) is 6.15. The number of carboxylic acid groups (broad SMARTS) is 1. The first-order chi connectivity index (χ1) is 32.7. The maximum absolute atomic E-state index is 11.8. The topological polar surface area (TPSA) is 306 Å². The number of likely N-dealkylation sites (N-methyl/N-ethyl adjacent to an activating group) is 2. The number of rotatable bonds is 26. The third kappa shape index (κ3) is 37.2. The zero-order chi connectivity index (χ0) is 54.5. The van der Waals surface area contributed by atoms with E-state index in [0.29, 0.717) is 60.6 Å². The summed E-state index contributed by atoms with van der Waals surface area (Å²) in [4.78, 5) is 78.9. The molecule has 0 saturated carbocycles. The number of esters is 2. The normalized spacial score (nSPS) is 13.0. The van der Waals surface area contributed by atoms with Crippen molar-refractivity contribution in [2.75, 3.05) is 81.8 Å². The quantitative estimate of drug-likeness (QED) is 0.0163. The van der Waals surface area contributed by atoms with Crippen LogP contribution in [0, 0.1) is 34.1 Å². The number of carbonyl (C=O) groups is 3. The fourth-order valence-electron chi connectivity index (χ4n) is 4.68. The van der Waals surface area contributed by atoms with Crippen LogP contribution in [-0.2, 0) is 41.6 Å². The van der Waals surface area contributed by atoms with E-state index >= 15 is 0 Å². The number of nitro groups is 2. The number of nitro benzene ring substituents is 2. The molecule has 0 amide bonds. The van der Waals surface area contributed by atoms with Gasteiger partial charge < -0.3 is 51.4 Å². The van der Waals surface area contributed by atoms with Crippen LogP contribution in [-0.4, -0.2) is 135 Å². The van der Waals surface area contributed by atoms with Crippen molar-refractivity contribution in [2.45, 2.75) is 71.4 Å². The second-order valence-corrected chi connectivity index (χ2v) is 19.9. The van der Waals surface area contributed by atoms with E-state index in [2.05, 4.69) is 14.2 Å². The zero-order valence-electron chi connectivity index (χ0n) is 40.9. The van der Waals surface area contributed by atoms with E-state index in [0.717, 1.165) is 35.7 Å². The van der Waals surface area contributed by atoms with Crippen molar-refractivity contribution in [3.8, 4) is 11.5 Å². The zero-order valence-corrected chi connectivity index (χ0v) is 42.7. The summed E-state index contributed by atoms with van der Waals surface area (Å²) in [5.41, 5.74) is 1.78. The molecule has 0 spiro atoms. The Balaban J connectivity index is 0.000000991. The van der Waals surface area contributed by atoms with Gasteiger partial charge >= 0.3 is 24.1 Å². The van der Waals surface area contributed by atoms with Gasteiger partial charge in [0.1, 0.15) is 37.8 Å². The van der Waals surface area contributed by atoms with Crippen LogP contribution in [0.1, 0.15) is 62.8 Å². The molecule has 2 atom stereocenters. The summed E-state index contributed by atoms with van der Waals surface area (Å²) in [7, 11) is 3.04. The molecule has 0 bridgehead atoms. The van der Waals surface area contributed by atoms with E-state index in [9.17, 15) is 66.7 Å². The van der Waals surface area contributed by atoms with Gasteiger partial charge in [0.25, 0.3) is 27.0 Å². The van der Waals surface area contributed by atoms with Crippen LogP contribution in [0.25, 0.3) is 0 Å². The Morgan fingerprint density at radius 1 is 0.606 bits per heavy atom. The lowest BCUT2D eigenvalue weighted by Crippen LogP contribution is -2.37. The SMILES string of the molecule is C[N+](C)(C)CCOP(=O)([O-])OCCCCCC(=O)O.C[N+](C)(C)CCOP(=O)([O-])OCCCCCC(=O)Oc1ccc([N+](=O)[O-])cc1.Cc1cccc(C)n1.O=C(Oc1ccc([N+](=O)[O-])cc1)C(F)(F)F. The lowest BCUT2D eigenvalue weighted by Gasteiger charge is -2.27. The van der Waals surface area contributed by atoms with Gasteiger partial charge in [-0.1, -0.05) is 18.9 Å². The Hall–Kier alpha value is -5.27. The molecule has 0 saturated heterocycles. The summed E-state index contributed by atoms with van der Waals surface area (Å²) in [6.07, 6.45) is -1.69. The number of ether oxygens (including phenoxy) is 2. The first kappa shape index (κ1) is 65.7. The molecule has 0 aliphatic carbocycles. The van der Waals surface area contributed by atoms with Crippen LogP contribution in [0.2, 0.25) is 0 Å². The number of aliphatic carboxylic acids is 1. The molecule has 1 aromatic heterocycles. The average molecular weight is 1060 g/mol. The van der Waals surface area contributed by atoms with Gasteiger partial charge in [0.2, 0.25) is 0 Å². The van der Waals surface area contributed by atoms with Gasteiger partial charge in [0, 0.05) is 48.5 Å². The van der Waals surface area contributed by atoms with E-state index in [-0.39, 0.29) is 56.4 Å². The van der Waals surface area contributed by atoms with Gasteiger partial charge in [-0.2, -0.15) is 13.2 Å². The first-order valence-corrected chi connectivity index (χ1v) is 24.5. The molecule has 3 aromatic rings. The van der Waals surface area contributed by atoms with E-state index in [4.69, 9.17) is 23.4 Å². The van der Waals surface area contributed by atoms with Gasteiger partial charge in [0.15, 0.2) is 0 Å². The maximum Gasteiger partial charge on any atom is 0.491 e. The monoisotopic (exact) mass is 1060 g/mol. The highest BCUT2D eigenvalue weighted by Crippen LogP contribution is 2.39. The number of aromatic nitrogens is 1. The standard InChI is InChI=1S/C17H27N2O8P.C11H24NO6P.C8H4F3NO4.C7H9N/c1-19(2,3)12-14-26-28(23,24)25-13-6-4-5-7-17(20)27-16-10-8-15(9-11-16)18(21)22;1-12(2,3)8-10-18-19(15,16)17-9-6-4-5-7-11(13)14;9-8(10,11)7(13)16-6-3-1-5(2-4-6)12(14)15;1-6-4-3-5-7(2)8-6/h8-11H,4-7,12-14H2,1-3H3;4-10H2,1-3H3,(H-,13,14,15,16);1-4H;3-5H,1-2H3. The predicted molar refractivity (Wildman–Crippen MR) is 247 cm³/mol. The number of non-ortho nitro benzene ring substituents is 2. The Morgan fingerprint density at radius 3 is 1.30 bits per heavy atom. The van der Waals surface area contributed by atoms with Crippen molar-refractivity contribution in [1.29, 1.82) is 0 Å². The minimum atomic E-state index is -5.10. The van der Waals surface area contributed by atoms with Crippen LogP contribution < -0.4 is 19.3 Å². The highest BCUT2D eigenvalue weighted by Gasteiger charge is 2.41. The van der Waals surface area contributed by atoms with Crippen LogP contribution in [0.5, 0.6) is 11.5 Å². The second kappa shape index (κ2) is 32.7. The number of unbranched alkanes of at least 4 members (excludes halogenated alkanes) is 4. The summed E-state index contributed by atoms with van der Waals surface area (Å²) >= 11 is 0. The third-order valence-electron chi connectivity index (χ3n) is 8.38. The number of carbonyl (C=O) groups excluding carboxylic acids is 2. The molecular formula is C43H64F3N5O18P2. The number of quaternary nitrogens is 2. The summed E-state index contributed by atoms with van der Waals surface area (Å²) in [5.74, 6) is -3.86. The van der Waals surface area contributed by atoms with Crippen LogP contribution in [0.4, 0.5) is 24.5 Å². The minimum Gasteiger partial charge on any atom is -0.756 e. The number of phosphoric ester groups is 2. The summed E-state index contributed by atoms with van der Waals surface area (Å²) in [6, 6.07) is 14.9. The van der Waals surface area contributed by atoms with Crippen molar-refractivity contribution in [1.82, 2.24) is 4.98 Å². The predicted octanol–water partition coefficient (Wildman–Crippen LogP) is 6.87. The molecule has 1 N–H and O–H groups in total. The molecule has 0 aliphatic rings. The van der Waals surface area contributed by atoms with Crippen LogP contribution in [0.3, 0.4) is 0 Å². The van der Waals surface area contributed by atoms with Gasteiger partial charge in [-0.15, -0.1) is 0 Å². The number of nitrogens with zero attached hydrogens (tertiary/aromatic N) is 5. The number of phosphoric acid groups is 2. The number of aryl methyl sites for hydroxylation is 2. The van der Waals surface area contributed by atoms with Crippen molar-refractivity contribution in [3.05, 3.63) is 98.3 Å². The van der Waals surface area contributed by atoms with Crippen LogP contribution >= 0.6 is 15.6 Å². The molecule has 71 heavy (non-hydrogen) atoms. The largest absolute Gasteiger partial charge is 0.756 e. The smallest absolute Gasteiger partial charge is 0.491 e. The average Bonchev–Trinajstić information content (AvgIpc) is 3.23. The number of benzene rings is 2. The minimum absolute atomic E-state index is 0.0114. The van der Waals surface area contributed by atoms with Gasteiger partial charge in [-0.25, -0.2) is 4.79 Å². The molecule has 0 radical (unpaired) electrons. The Morgan fingerprint density at radius 2 is 0.972 bits per heavy atom. The number of alkyl halides is 3. The van der Waals surface area contributed by atoms with Gasteiger partial charge in [-0.3, -0.25) is 43.9 Å².